The molecule has 0 fully saturated rings. The van der Waals surface area contributed by atoms with Crippen molar-refractivity contribution in [2.45, 2.75) is 50.7 Å². The summed E-state index contributed by atoms with van der Waals surface area (Å²) in [5, 5.41) is 6.35. The molecule has 0 bridgehead atoms. The molecule has 7 aromatic rings. The fraction of sp³-hybridized carbons (Fsp3) is 0.160. The topological polar surface area (TPSA) is 38.0 Å². The minimum atomic E-state index is -0.339. The van der Waals surface area contributed by atoms with Gasteiger partial charge >= 0.3 is 0 Å². The van der Waals surface area contributed by atoms with Crippen LogP contribution < -0.4 is 11.1 Å². The molecule has 7 aromatic carbocycles. The van der Waals surface area contributed by atoms with Crippen LogP contribution in [-0.4, -0.2) is 0 Å². The van der Waals surface area contributed by atoms with Crippen LogP contribution in [0.25, 0.3) is 50.2 Å². The number of hydrogen-bond donors (Lipinski definition) is 2. The lowest BCUT2D eigenvalue weighted by molar-refractivity contribution is 0.509. The summed E-state index contributed by atoms with van der Waals surface area (Å²) in [4.78, 5) is 0. The highest BCUT2D eigenvalue weighted by Crippen LogP contribution is 2.54. The Balaban J connectivity index is 1.15. The first-order valence-electron chi connectivity index (χ1n) is 18.5. The normalized spacial score (nSPS) is 15.9. The summed E-state index contributed by atoms with van der Waals surface area (Å²) in [5.74, 6) is 0. The van der Waals surface area contributed by atoms with Crippen LogP contribution in [0.2, 0.25) is 0 Å². The van der Waals surface area contributed by atoms with E-state index in [4.69, 9.17) is 5.73 Å². The third-order valence-electron chi connectivity index (χ3n) is 11.8. The van der Waals surface area contributed by atoms with Gasteiger partial charge in [-0.25, -0.2) is 0 Å². The first-order chi connectivity index (χ1) is 25.2. The predicted molar refractivity (Wildman–Crippen MR) is 219 cm³/mol. The Bertz CT molecular complexity index is 2520. The summed E-state index contributed by atoms with van der Waals surface area (Å²) in [6.45, 7) is 9.39. The largest absolute Gasteiger partial charge is 0.312 e. The fourth-order valence-corrected chi connectivity index (χ4v) is 8.93. The van der Waals surface area contributed by atoms with Gasteiger partial charge < -0.3 is 5.73 Å². The summed E-state index contributed by atoms with van der Waals surface area (Å²) in [5.41, 5.74) is 23.5. The molecule has 0 radical (unpaired) electrons. The van der Waals surface area contributed by atoms with Crippen LogP contribution in [0.5, 0.6) is 0 Å². The zero-order chi connectivity index (χ0) is 35.6. The molecule has 254 valence electrons. The standard InChI is InChI=1S/C50H44N2/c1-49(2)42-23-13-12-21-38(42)40-30-36(25-27-43(40)49)46(52-48(51)33-16-6-5-7-17-33)28-26-32-15-10-11-20-37(32)39-22-14-24-44-47(39)41-29-34-18-8-9-19-35(34)31-45(41)50(44,3)4/h5-31,46,48,52H,51H2,1-4H3/b28-26+. The van der Waals surface area contributed by atoms with Gasteiger partial charge in [-0.3, -0.25) is 5.32 Å². The Labute approximate surface area is 307 Å². The molecule has 0 saturated heterocycles. The monoisotopic (exact) mass is 672 g/mol. The molecule has 0 amide bonds. The van der Waals surface area contributed by atoms with Crippen molar-refractivity contribution in [1.29, 1.82) is 0 Å². The maximum atomic E-state index is 6.88. The molecule has 0 heterocycles. The van der Waals surface area contributed by atoms with Crippen molar-refractivity contribution >= 4 is 16.8 Å². The number of fused-ring (bicyclic) bond motifs is 7. The molecule has 0 saturated carbocycles. The maximum Gasteiger partial charge on any atom is 0.0817 e. The van der Waals surface area contributed by atoms with E-state index in [-0.39, 0.29) is 23.0 Å². The molecule has 2 nitrogen and oxygen atoms in total. The van der Waals surface area contributed by atoms with E-state index in [9.17, 15) is 0 Å². The highest BCUT2D eigenvalue weighted by atomic mass is 15.0. The van der Waals surface area contributed by atoms with Crippen LogP contribution in [-0.2, 0) is 10.8 Å². The van der Waals surface area contributed by atoms with Gasteiger partial charge in [0.25, 0.3) is 0 Å². The predicted octanol–water partition coefficient (Wildman–Crippen LogP) is 12.1. The molecule has 2 unspecified atom stereocenters. The average molecular weight is 673 g/mol. The van der Waals surface area contributed by atoms with Gasteiger partial charge in [0.15, 0.2) is 0 Å². The summed E-state index contributed by atoms with van der Waals surface area (Å²) < 4.78 is 0. The van der Waals surface area contributed by atoms with Gasteiger partial charge in [0, 0.05) is 10.8 Å². The number of benzene rings is 7. The molecule has 2 heteroatoms. The van der Waals surface area contributed by atoms with Crippen LogP contribution in [0.3, 0.4) is 0 Å². The lowest BCUT2D eigenvalue weighted by Gasteiger charge is -2.24. The lowest BCUT2D eigenvalue weighted by Crippen LogP contribution is -2.31. The lowest BCUT2D eigenvalue weighted by atomic mass is 9.81. The van der Waals surface area contributed by atoms with Gasteiger partial charge in [0.05, 0.1) is 12.2 Å². The fourth-order valence-electron chi connectivity index (χ4n) is 8.93. The Morgan fingerprint density at radius 1 is 0.481 bits per heavy atom. The summed E-state index contributed by atoms with van der Waals surface area (Å²) in [6.07, 6.45) is 4.24. The van der Waals surface area contributed by atoms with Crippen LogP contribution in [0.15, 0.2) is 158 Å². The van der Waals surface area contributed by atoms with Crippen molar-refractivity contribution in [2.24, 2.45) is 5.73 Å². The Morgan fingerprint density at radius 3 is 1.90 bits per heavy atom. The van der Waals surface area contributed by atoms with E-state index in [1.165, 1.54) is 77.5 Å². The molecular formula is C50H44N2. The quantitative estimate of drug-likeness (QED) is 0.165. The third-order valence-corrected chi connectivity index (χ3v) is 11.8. The van der Waals surface area contributed by atoms with Gasteiger partial charge in [-0.1, -0.05) is 173 Å². The number of rotatable bonds is 7. The Morgan fingerprint density at radius 2 is 1.10 bits per heavy atom. The van der Waals surface area contributed by atoms with Crippen LogP contribution in [0.4, 0.5) is 0 Å². The molecule has 52 heavy (non-hydrogen) atoms. The first kappa shape index (κ1) is 32.4. The zero-order valence-corrected chi connectivity index (χ0v) is 30.3. The van der Waals surface area contributed by atoms with E-state index < -0.39 is 0 Å². The molecular weight excluding hydrogens is 629 g/mol. The van der Waals surface area contributed by atoms with Gasteiger partial charge in [-0.15, -0.1) is 0 Å². The summed E-state index contributed by atoms with van der Waals surface area (Å²) >= 11 is 0. The van der Waals surface area contributed by atoms with Gasteiger partial charge in [-0.05, 0) is 101 Å². The van der Waals surface area contributed by atoms with Crippen molar-refractivity contribution in [1.82, 2.24) is 5.32 Å². The molecule has 0 spiro atoms. The van der Waals surface area contributed by atoms with Crippen molar-refractivity contribution in [3.8, 4) is 33.4 Å². The highest BCUT2D eigenvalue weighted by molar-refractivity contribution is 5.99. The van der Waals surface area contributed by atoms with E-state index in [1.54, 1.807) is 0 Å². The van der Waals surface area contributed by atoms with E-state index >= 15 is 0 Å². The zero-order valence-electron chi connectivity index (χ0n) is 30.3. The molecule has 2 atom stereocenters. The SMILES string of the molecule is CC1(C)c2ccccc2-c2cc(C(/C=C/c3ccccc3-c3cccc4c3-c3cc5ccccc5cc3C4(C)C)NC(N)c3ccccc3)ccc21. The van der Waals surface area contributed by atoms with Gasteiger partial charge in [0.1, 0.15) is 0 Å². The number of hydrogen-bond acceptors (Lipinski definition) is 2. The van der Waals surface area contributed by atoms with Crippen LogP contribution >= 0.6 is 0 Å². The minimum Gasteiger partial charge on any atom is -0.312 e. The summed E-state index contributed by atoms with van der Waals surface area (Å²) in [7, 11) is 0. The van der Waals surface area contributed by atoms with Crippen molar-refractivity contribution < 1.29 is 0 Å². The van der Waals surface area contributed by atoms with Crippen LogP contribution in [0, 0.1) is 0 Å². The molecule has 2 aliphatic rings. The second-order valence-corrected chi connectivity index (χ2v) is 15.6. The number of nitrogens with two attached hydrogens (primary N) is 1. The third kappa shape index (κ3) is 5.17. The van der Waals surface area contributed by atoms with Crippen molar-refractivity contribution in [3.05, 3.63) is 197 Å². The van der Waals surface area contributed by atoms with Gasteiger partial charge in [0.2, 0.25) is 0 Å². The average Bonchev–Trinajstić information content (AvgIpc) is 3.54. The van der Waals surface area contributed by atoms with Crippen LogP contribution in [0.1, 0.15) is 78.8 Å². The Kier molecular flexibility index (Phi) is 7.66. The molecule has 0 aliphatic heterocycles. The number of nitrogens with one attached hydrogen (secondary N) is 1. The molecule has 9 rings (SSSR count). The van der Waals surface area contributed by atoms with E-state index in [0.717, 1.165) is 5.56 Å². The van der Waals surface area contributed by atoms with E-state index in [0.29, 0.717) is 0 Å². The van der Waals surface area contributed by atoms with Crippen molar-refractivity contribution in [2.75, 3.05) is 0 Å². The highest BCUT2D eigenvalue weighted by Gasteiger charge is 2.38. The minimum absolute atomic E-state index is 0.0436. The second kappa shape index (κ2) is 12.3. The summed E-state index contributed by atoms with van der Waals surface area (Å²) in [6, 6.07) is 55.2. The molecule has 0 aromatic heterocycles. The Hall–Kier alpha value is -5.54. The maximum absolute atomic E-state index is 6.88. The molecule has 3 N–H and O–H groups in total. The van der Waals surface area contributed by atoms with E-state index in [2.05, 4.69) is 179 Å². The van der Waals surface area contributed by atoms with E-state index in [1.807, 2.05) is 18.2 Å². The van der Waals surface area contributed by atoms with Gasteiger partial charge in [-0.2, -0.15) is 0 Å². The van der Waals surface area contributed by atoms with Crippen molar-refractivity contribution in [3.63, 3.8) is 0 Å². The smallest absolute Gasteiger partial charge is 0.0817 e. The molecule has 2 aliphatic carbocycles. The first-order valence-corrected chi connectivity index (χ1v) is 18.5. The second-order valence-electron chi connectivity index (χ2n) is 15.6.